The maximum Gasteiger partial charge on any atom is 0.133 e. The average Bonchev–Trinajstić information content (AvgIpc) is 2.36. The number of rotatable bonds is 4. The van der Waals surface area contributed by atoms with E-state index in [-0.39, 0.29) is 11.7 Å². The van der Waals surface area contributed by atoms with Crippen molar-refractivity contribution >= 4 is 33.5 Å². The molecular formula is C15H18ClFN2OS. The summed E-state index contributed by atoms with van der Waals surface area (Å²) in [5.74, 6) is -0.298. The molecule has 21 heavy (non-hydrogen) atoms. The maximum absolute atomic E-state index is 13.2. The standard InChI is InChI=1S/C15H18ClFN2OS/c1-9(8-15(2,3)21(18)20)12-6-10-4-5-11(17)7-13(10)19-14(12)16/h4-7,9H,8,18H2,1-3H3/t9-,21+/m0/s1. The van der Waals surface area contributed by atoms with E-state index >= 15 is 0 Å². The Kier molecular flexibility index (Phi) is 4.66. The molecule has 0 saturated heterocycles. The number of benzene rings is 1. The molecule has 0 spiro atoms. The van der Waals surface area contributed by atoms with E-state index in [0.717, 1.165) is 10.9 Å². The zero-order valence-corrected chi connectivity index (χ0v) is 13.8. The molecule has 0 bridgehead atoms. The highest BCUT2D eigenvalue weighted by Crippen LogP contribution is 2.33. The lowest BCUT2D eigenvalue weighted by Crippen LogP contribution is -2.33. The van der Waals surface area contributed by atoms with Gasteiger partial charge in [-0.25, -0.2) is 13.6 Å². The van der Waals surface area contributed by atoms with Crippen molar-refractivity contribution in [2.24, 2.45) is 5.14 Å². The molecule has 1 aromatic heterocycles. The molecule has 0 amide bonds. The van der Waals surface area contributed by atoms with Crippen LogP contribution in [0.4, 0.5) is 4.39 Å². The Morgan fingerprint density at radius 3 is 2.71 bits per heavy atom. The van der Waals surface area contributed by atoms with Crippen molar-refractivity contribution < 1.29 is 8.60 Å². The lowest BCUT2D eigenvalue weighted by atomic mass is 9.91. The molecule has 0 unspecified atom stereocenters. The second-order valence-corrected chi connectivity index (χ2v) is 7.93. The summed E-state index contributed by atoms with van der Waals surface area (Å²) in [5.41, 5.74) is 1.38. The lowest BCUT2D eigenvalue weighted by Gasteiger charge is -2.25. The molecule has 1 heterocycles. The first-order valence-corrected chi connectivity index (χ1v) is 8.22. The van der Waals surface area contributed by atoms with E-state index in [1.54, 1.807) is 6.07 Å². The summed E-state index contributed by atoms with van der Waals surface area (Å²) >= 11 is 6.22. The summed E-state index contributed by atoms with van der Waals surface area (Å²) in [7, 11) is -1.42. The molecule has 1 aromatic carbocycles. The number of hydrogen-bond acceptors (Lipinski definition) is 2. The fourth-order valence-electron chi connectivity index (χ4n) is 2.41. The van der Waals surface area contributed by atoms with Gasteiger partial charge in [0.1, 0.15) is 11.0 Å². The van der Waals surface area contributed by atoms with Crippen LogP contribution in [0, 0.1) is 5.82 Å². The van der Waals surface area contributed by atoms with Crippen molar-refractivity contribution in [3.63, 3.8) is 0 Å². The van der Waals surface area contributed by atoms with Crippen molar-refractivity contribution in [2.75, 3.05) is 0 Å². The Morgan fingerprint density at radius 1 is 1.43 bits per heavy atom. The van der Waals surface area contributed by atoms with Crippen LogP contribution in [0.5, 0.6) is 0 Å². The largest absolute Gasteiger partial charge is 0.251 e. The molecular weight excluding hydrogens is 311 g/mol. The highest BCUT2D eigenvalue weighted by atomic mass is 35.5. The van der Waals surface area contributed by atoms with Gasteiger partial charge in [0.05, 0.1) is 21.2 Å². The Morgan fingerprint density at radius 2 is 2.10 bits per heavy atom. The maximum atomic E-state index is 13.2. The van der Waals surface area contributed by atoms with Gasteiger partial charge in [0, 0.05) is 11.5 Å². The second kappa shape index (κ2) is 5.99. The number of aromatic nitrogens is 1. The van der Waals surface area contributed by atoms with Gasteiger partial charge in [0.2, 0.25) is 0 Å². The minimum atomic E-state index is -1.42. The first kappa shape index (κ1) is 16.3. The van der Waals surface area contributed by atoms with Crippen molar-refractivity contribution in [1.82, 2.24) is 4.98 Å². The monoisotopic (exact) mass is 328 g/mol. The minimum absolute atomic E-state index is 0.0435. The van der Waals surface area contributed by atoms with E-state index in [4.69, 9.17) is 16.7 Å². The predicted octanol–water partition coefficient (Wildman–Crippen LogP) is 3.92. The highest BCUT2D eigenvalue weighted by molar-refractivity contribution is 7.84. The van der Waals surface area contributed by atoms with E-state index in [2.05, 4.69) is 4.98 Å². The van der Waals surface area contributed by atoms with Crippen LogP contribution in [0.1, 0.15) is 38.7 Å². The summed E-state index contributed by atoms with van der Waals surface area (Å²) in [4.78, 5) is 4.25. The van der Waals surface area contributed by atoms with E-state index in [0.29, 0.717) is 17.1 Å². The molecule has 0 saturated carbocycles. The third-order valence-electron chi connectivity index (χ3n) is 3.63. The van der Waals surface area contributed by atoms with Crippen LogP contribution in [-0.2, 0) is 11.0 Å². The number of hydrogen-bond donors (Lipinski definition) is 1. The van der Waals surface area contributed by atoms with Crippen molar-refractivity contribution in [2.45, 2.75) is 37.9 Å². The first-order chi connectivity index (χ1) is 9.70. The predicted molar refractivity (Wildman–Crippen MR) is 86.2 cm³/mol. The smallest absolute Gasteiger partial charge is 0.133 e. The Bertz CT molecular complexity index is 705. The number of halogens is 2. The lowest BCUT2D eigenvalue weighted by molar-refractivity contribution is 0.540. The van der Waals surface area contributed by atoms with Crippen LogP contribution in [-0.4, -0.2) is 13.9 Å². The SMILES string of the molecule is C[C@@H](CC(C)(C)[S@](N)=O)c1cc2ccc(F)cc2nc1Cl. The van der Waals surface area contributed by atoms with Crippen LogP contribution in [0.3, 0.4) is 0 Å². The summed E-state index contributed by atoms with van der Waals surface area (Å²) in [6.07, 6.45) is 0.615. The number of fused-ring (bicyclic) bond motifs is 1. The molecule has 3 nitrogen and oxygen atoms in total. The van der Waals surface area contributed by atoms with E-state index < -0.39 is 15.7 Å². The van der Waals surface area contributed by atoms with Crippen LogP contribution in [0.2, 0.25) is 5.15 Å². The third kappa shape index (κ3) is 3.59. The fraction of sp³-hybridized carbons (Fsp3) is 0.400. The first-order valence-electron chi connectivity index (χ1n) is 6.62. The number of nitrogens with zero attached hydrogens (tertiary/aromatic N) is 1. The van der Waals surface area contributed by atoms with Crippen molar-refractivity contribution in [1.29, 1.82) is 0 Å². The van der Waals surface area contributed by atoms with Gasteiger partial charge in [-0.15, -0.1) is 0 Å². The Hall–Kier alpha value is -1.04. The quantitative estimate of drug-likeness (QED) is 0.865. The minimum Gasteiger partial charge on any atom is -0.251 e. The van der Waals surface area contributed by atoms with Gasteiger partial charge in [-0.3, -0.25) is 5.14 Å². The third-order valence-corrected chi connectivity index (χ3v) is 5.19. The molecule has 2 rings (SSSR count). The van der Waals surface area contributed by atoms with E-state index in [9.17, 15) is 8.60 Å². The van der Waals surface area contributed by atoms with E-state index in [1.807, 2.05) is 26.8 Å². The van der Waals surface area contributed by atoms with Gasteiger partial charge in [-0.2, -0.15) is 0 Å². The molecule has 114 valence electrons. The molecule has 0 aliphatic heterocycles. The van der Waals surface area contributed by atoms with Gasteiger partial charge >= 0.3 is 0 Å². The molecule has 2 N–H and O–H groups in total. The molecule has 2 atom stereocenters. The zero-order valence-electron chi connectivity index (χ0n) is 12.2. The highest BCUT2D eigenvalue weighted by Gasteiger charge is 2.27. The number of pyridine rings is 1. The molecule has 0 aliphatic rings. The van der Waals surface area contributed by atoms with Crippen molar-refractivity contribution in [3.05, 3.63) is 40.8 Å². The molecule has 6 heteroatoms. The van der Waals surface area contributed by atoms with Gasteiger partial charge in [0.15, 0.2) is 0 Å². The Balaban J connectivity index is 2.39. The summed E-state index contributed by atoms with van der Waals surface area (Å²) < 4.78 is 24.3. The average molecular weight is 329 g/mol. The molecule has 0 fully saturated rings. The van der Waals surface area contributed by atoms with Crippen LogP contribution in [0.15, 0.2) is 24.3 Å². The van der Waals surface area contributed by atoms with Gasteiger partial charge < -0.3 is 0 Å². The Labute approximate surface area is 131 Å². The van der Waals surface area contributed by atoms with Gasteiger partial charge in [-0.1, -0.05) is 18.5 Å². The topological polar surface area (TPSA) is 56.0 Å². The fourth-order valence-corrected chi connectivity index (χ4v) is 3.15. The molecule has 2 aromatic rings. The van der Waals surface area contributed by atoms with E-state index in [1.165, 1.54) is 12.1 Å². The molecule has 0 radical (unpaired) electrons. The van der Waals surface area contributed by atoms with Crippen molar-refractivity contribution in [3.8, 4) is 0 Å². The normalized spacial score (nSPS) is 15.1. The van der Waals surface area contributed by atoms with Gasteiger partial charge in [-0.05, 0) is 49.9 Å². The van der Waals surface area contributed by atoms with Crippen LogP contribution in [0.25, 0.3) is 10.9 Å². The zero-order chi connectivity index (χ0) is 15.8. The summed E-state index contributed by atoms with van der Waals surface area (Å²) in [5, 5.41) is 6.70. The summed E-state index contributed by atoms with van der Waals surface area (Å²) in [6, 6.07) is 6.33. The second-order valence-electron chi connectivity index (χ2n) is 5.87. The van der Waals surface area contributed by atoms with Gasteiger partial charge in [0.25, 0.3) is 0 Å². The number of nitrogens with two attached hydrogens (primary N) is 1. The summed E-state index contributed by atoms with van der Waals surface area (Å²) in [6.45, 7) is 5.71. The van der Waals surface area contributed by atoms with Crippen LogP contribution < -0.4 is 5.14 Å². The molecule has 0 aliphatic carbocycles. The van der Waals surface area contributed by atoms with Crippen LogP contribution >= 0.6 is 11.6 Å².